The Morgan fingerprint density at radius 1 is 1.04 bits per heavy atom. The summed E-state index contributed by atoms with van der Waals surface area (Å²) in [5, 5.41) is 37.2. The van der Waals surface area contributed by atoms with Gasteiger partial charge >= 0.3 is 12.1 Å². The maximum Gasteiger partial charge on any atom is 0.404 e. The number of fused-ring (bicyclic) bond motifs is 2. The predicted octanol–water partition coefficient (Wildman–Crippen LogP) is 5.12. The summed E-state index contributed by atoms with van der Waals surface area (Å²) in [5.41, 5.74) is 0.162. The second kappa shape index (κ2) is 19.0. The first kappa shape index (κ1) is 41.7. The molecule has 0 aromatic heterocycles. The molecule has 0 saturated carbocycles. The number of nitrogens with zero attached hydrogens (tertiary/aromatic N) is 3. The zero-order valence-electron chi connectivity index (χ0n) is 32.2. The average molecular weight is 806 g/mol. The molecule has 15 nitrogen and oxygen atoms in total. The third-order valence-corrected chi connectivity index (χ3v) is 12.5. The number of sulfonamides is 1. The van der Waals surface area contributed by atoms with E-state index in [0.29, 0.717) is 43.2 Å². The van der Waals surface area contributed by atoms with E-state index in [9.17, 15) is 15.0 Å². The molecule has 0 bridgehead atoms. The molecule has 3 aliphatic heterocycles. The molecular formula is C41H51N5O10S. The highest BCUT2D eigenvalue weighted by Gasteiger charge is 2.53. The quantitative estimate of drug-likeness (QED) is 0.0574. The number of amides is 1. The fraction of sp³-hybridized carbons (Fsp3) is 0.488. The number of hydrogen-bond donors (Lipinski definition) is 4. The van der Waals surface area contributed by atoms with Crippen molar-refractivity contribution in [2.45, 2.75) is 81.7 Å². The Morgan fingerprint density at radius 3 is 2.51 bits per heavy atom. The molecule has 1 amide bonds. The highest BCUT2D eigenvalue weighted by Crippen LogP contribution is 2.44. The molecule has 306 valence electrons. The predicted molar refractivity (Wildman–Crippen MR) is 209 cm³/mol. The molecule has 6 rings (SSSR count). The molecule has 0 spiro atoms. The summed E-state index contributed by atoms with van der Waals surface area (Å²) in [6, 6.07) is 20.6. The van der Waals surface area contributed by atoms with E-state index in [2.05, 4.69) is 15.6 Å². The summed E-state index contributed by atoms with van der Waals surface area (Å²) in [7, 11) is -4.38. The normalized spacial score (nSPS) is 20.7. The minimum absolute atomic E-state index is 0.00746. The van der Waals surface area contributed by atoms with Gasteiger partial charge in [0.2, 0.25) is 23.0 Å². The summed E-state index contributed by atoms with van der Waals surface area (Å²) in [6.45, 7) is 4.99. The standard InChI is InChI=1S/C41H51N5O10S/c1-41(2,19-10-5-11-20-43-39(44-26-42)56-29-14-8-4-9-15-29)25-46(57(50,51)30-16-17-34-35(23-30)55-27-54-34)36(32-24-53-38-31(32)18-21-52-38)37(47)33(45-40(48)49)22-28-12-6-3-7-13-28/h3-4,6-9,12-17,23,31-33,36-38,45,47H,5,10-11,18-22,24-25,27H2,1-2H3,(H,43,44)(H,48,49)/t31-,32+,33-,36?,37+,38+/m0/s1. The number of hydrogen-bond acceptors (Lipinski definition) is 11. The number of amidine groups is 1. The third kappa shape index (κ3) is 10.7. The lowest BCUT2D eigenvalue weighted by Gasteiger charge is -2.44. The molecule has 16 heteroatoms. The van der Waals surface area contributed by atoms with Crippen molar-refractivity contribution in [2.75, 3.05) is 33.1 Å². The first-order valence-corrected chi connectivity index (χ1v) is 20.7. The van der Waals surface area contributed by atoms with Gasteiger partial charge in [-0.3, -0.25) is 0 Å². The van der Waals surface area contributed by atoms with Crippen molar-refractivity contribution >= 4 is 22.1 Å². The fourth-order valence-electron chi connectivity index (χ4n) is 7.88. The lowest BCUT2D eigenvalue weighted by atomic mass is 9.80. The molecule has 57 heavy (non-hydrogen) atoms. The number of aliphatic hydroxyl groups excluding tert-OH is 1. The van der Waals surface area contributed by atoms with E-state index < -0.39 is 51.9 Å². The molecule has 6 atom stereocenters. The lowest BCUT2D eigenvalue weighted by Crippen LogP contribution is -2.61. The lowest BCUT2D eigenvalue weighted by molar-refractivity contribution is -0.0907. The molecule has 3 aliphatic rings. The van der Waals surface area contributed by atoms with E-state index in [1.165, 1.54) is 16.4 Å². The van der Waals surface area contributed by atoms with E-state index >= 15 is 8.42 Å². The number of nitrogens with one attached hydrogen (secondary N) is 2. The van der Waals surface area contributed by atoms with Gasteiger partial charge in [-0.1, -0.05) is 75.2 Å². The van der Waals surface area contributed by atoms with E-state index in [1.807, 2.05) is 62.4 Å². The van der Waals surface area contributed by atoms with Gasteiger partial charge in [0.15, 0.2) is 17.8 Å². The van der Waals surface area contributed by atoms with Crippen molar-refractivity contribution in [2.24, 2.45) is 22.2 Å². The highest BCUT2D eigenvalue weighted by atomic mass is 32.2. The van der Waals surface area contributed by atoms with Gasteiger partial charge in [0.1, 0.15) is 5.75 Å². The first-order chi connectivity index (χ1) is 27.4. The summed E-state index contributed by atoms with van der Waals surface area (Å²) in [4.78, 5) is 16.0. The summed E-state index contributed by atoms with van der Waals surface area (Å²) in [5.74, 6) is 0.524. The summed E-state index contributed by atoms with van der Waals surface area (Å²) >= 11 is 0. The molecule has 2 fully saturated rings. The molecule has 1 unspecified atom stereocenters. The van der Waals surface area contributed by atoms with Gasteiger partial charge in [0, 0.05) is 31.0 Å². The summed E-state index contributed by atoms with van der Waals surface area (Å²) < 4.78 is 60.3. The van der Waals surface area contributed by atoms with Crippen LogP contribution in [-0.4, -0.2) is 92.6 Å². The van der Waals surface area contributed by atoms with Crippen LogP contribution in [0.25, 0.3) is 0 Å². The Bertz CT molecular complexity index is 1980. The molecule has 0 aliphatic carbocycles. The van der Waals surface area contributed by atoms with Gasteiger partial charge in [-0.05, 0) is 60.9 Å². The van der Waals surface area contributed by atoms with Crippen LogP contribution in [0.3, 0.4) is 0 Å². The largest absolute Gasteiger partial charge is 0.465 e. The van der Waals surface area contributed by atoms with Gasteiger partial charge in [-0.15, -0.1) is 4.99 Å². The van der Waals surface area contributed by atoms with Crippen molar-refractivity contribution in [3.05, 3.63) is 84.4 Å². The molecular weight excluding hydrogens is 755 g/mol. The van der Waals surface area contributed by atoms with Crippen LogP contribution in [0.5, 0.6) is 17.2 Å². The van der Waals surface area contributed by atoms with Crippen LogP contribution in [-0.2, 0) is 25.9 Å². The topological polar surface area (TPSA) is 201 Å². The van der Waals surface area contributed by atoms with Gasteiger partial charge < -0.3 is 44.5 Å². The number of benzene rings is 3. The van der Waals surface area contributed by atoms with Gasteiger partial charge in [0.25, 0.3) is 0 Å². The second-order valence-electron chi connectivity index (χ2n) is 15.3. The van der Waals surface area contributed by atoms with Gasteiger partial charge in [-0.25, -0.2) is 13.2 Å². The van der Waals surface area contributed by atoms with Crippen molar-refractivity contribution in [1.29, 1.82) is 5.26 Å². The Hall–Kier alpha value is -4.92. The average Bonchev–Trinajstić information content (AvgIpc) is 3.95. The van der Waals surface area contributed by atoms with Crippen LogP contribution < -0.4 is 24.8 Å². The van der Waals surface area contributed by atoms with Crippen LogP contribution in [0.4, 0.5) is 4.79 Å². The van der Waals surface area contributed by atoms with Crippen LogP contribution in [0.15, 0.2) is 88.8 Å². The number of rotatable bonds is 18. The number of ether oxygens (including phenoxy) is 5. The minimum atomic E-state index is -4.38. The number of nitriles is 1. The van der Waals surface area contributed by atoms with Gasteiger partial charge in [-0.2, -0.15) is 9.57 Å². The fourth-order valence-corrected chi connectivity index (χ4v) is 9.76. The number of carboxylic acid groups (broad SMARTS) is 1. The smallest absolute Gasteiger partial charge is 0.404 e. The molecule has 2 saturated heterocycles. The minimum Gasteiger partial charge on any atom is -0.465 e. The van der Waals surface area contributed by atoms with Crippen molar-refractivity contribution in [1.82, 2.24) is 14.9 Å². The van der Waals surface area contributed by atoms with E-state index in [1.54, 1.807) is 24.4 Å². The van der Waals surface area contributed by atoms with Crippen LogP contribution in [0, 0.1) is 28.7 Å². The number of aliphatic hydroxyl groups is 1. The first-order valence-electron chi connectivity index (χ1n) is 19.2. The number of carbonyl (C=O) groups is 1. The monoisotopic (exact) mass is 805 g/mol. The zero-order valence-corrected chi connectivity index (χ0v) is 33.0. The highest BCUT2D eigenvalue weighted by molar-refractivity contribution is 7.89. The van der Waals surface area contributed by atoms with E-state index in [4.69, 9.17) is 28.9 Å². The van der Waals surface area contributed by atoms with Crippen LogP contribution >= 0.6 is 0 Å². The molecule has 3 heterocycles. The van der Waals surface area contributed by atoms with E-state index in [-0.39, 0.29) is 43.2 Å². The summed E-state index contributed by atoms with van der Waals surface area (Å²) in [6.07, 6.45) is 1.97. The Balaban J connectivity index is 1.25. The SMILES string of the molecule is CC(C)(CCCCCNC(=NC#N)Oc1ccccc1)CN(C([C@H](O)[C@H](Cc1ccccc1)NC(=O)O)[C@@H]1CO[C@H]2OCC[C@H]21)S(=O)(=O)c1ccc2c(c1)OCO2. The molecule has 3 aromatic carbocycles. The Labute approximate surface area is 333 Å². The van der Waals surface area contributed by atoms with Crippen molar-refractivity contribution in [3.63, 3.8) is 0 Å². The zero-order chi connectivity index (χ0) is 40.4. The van der Waals surface area contributed by atoms with Crippen molar-refractivity contribution < 1.29 is 47.1 Å². The second-order valence-corrected chi connectivity index (χ2v) is 17.2. The molecule has 0 radical (unpaired) electrons. The van der Waals surface area contributed by atoms with Crippen LogP contribution in [0.1, 0.15) is 51.5 Å². The van der Waals surface area contributed by atoms with Crippen LogP contribution in [0.2, 0.25) is 0 Å². The number of unbranched alkanes of at least 4 members (excludes halogenated alkanes) is 2. The van der Waals surface area contributed by atoms with Crippen molar-refractivity contribution in [3.8, 4) is 23.4 Å². The molecule has 3 aromatic rings. The Kier molecular flexibility index (Phi) is 13.9. The maximum atomic E-state index is 15.1. The van der Waals surface area contributed by atoms with Gasteiger partial charge in [0.05, 0.1) is 36.3 Å². The number of aliphatic imine (C=N–C) groups is 1. The van der Waals surface area contributed by atoms with E-state index in [0.717, 1.165) is 24.8 Å². The Morgan fingerprint density at radius 2 is 1.77 bits per heavy atom. The third-order valence-electron chi connectivity index (χ3n) is 10.7. The molecule has 4 N–H and O–H groups in total. The number of para-hydroxylation sites is 1. The maximum absolute atomic E-state index is 15.1.